The summed E-state index contributed by atoms with van der Waals surface area (Å²) in [6.07, 6.45) is 3.22. The van der Waals surface area contributed by atoms with E-state index in [-0.39, 0.29) is 19.4 Å². The molecular weight excluding hydrogens is 340 g/mol. The average molecular weight is 364 g/mol. The molecule has 0 saturated heterocycles. The van der Waals surface area contributed by atoms with Gasteiger partial charge in [0.1, 0.15) is 18.8 Å². The lowest BCUT2D eigenvalue weighted by Crippen LogP contribution is -2.46. The average Bonchev–Trinajstić information content (AvgIpc) is 2.67. The fraction of sp³-hybridized carbons (Fsp3) is 0.471. The summed E-state index contributed by atoms with van der Waals surface area (Å²) < 4.78 is 10.1. The first-order chi connectivity index (χ1) is 12.5. The van der Waals surface area contributed by atoms with E-state index in [9.17, 15) is 14.4 Å². The topological polar surface area (TPSA) is 130 Å². The van der Waals surface area contributed by atoms with E-state index in [1.807, 2.05) is 0 Å². The second-order valence-corrected chi connectivity index (χ2v) is 5.42. The van der Waals surface area contributed by atoms with Gasteiger partial charge in [-0.2, -0.15) is 0 Å². The standard InChI is InChI=1S/C17H24N4O5/c1-12(25-2)16(23)21-15(4-3-14(22)11-18)17(24)26-10-9-20-13-5-7-19-8-6-13/h5-8,11-12,15,18H,3-4,9-10H2,1-2H3,(H,19,20)(H,21,23)/t12-,15-/m0/s1. The van der Waals surface area contributed by atoms with Crippen LogP contribution in [0, 0.1) is 5.41 Å². The maximum Gasteiger partial charge on any atom is 0.328 e. The molecule has 0 saturated carbocycles. The maximum atomic E-state index is 12.2. The highest BCUT2D eigenvalue weighted by atomic mass is 16.5. The fourth-order valence-electron chi connectivity index (χ4n) is 1.92. The summed E-state index contributed by atoms with van der Waals surface area (Å²) >= 11 is 0. The van der Waals surface area contributed by atoms with Gasteiger partial charge in [-0.1, -0.05) is 0 Å². The highest BCUT2D eigenvalue weighted by Gasteiger charge is 2.25. The molecule has 0 aliphatic heterocycles. The Morgan fingerprint density at radius 2 is 2.00 bits per heavy atom. The van der Waals surface area contributed by atoms with Crippen LogP contribution in [-0.4, -0.2) is 61.3 Å². The van der Waals surface area contributed by atoms with Gasteiger partial charge in [-0.15, -0.1) is 0 Å². The Kier molecular flexibility index (Phi) is 9.55. The zero-order chi connectivity index (χ0) is 19.4. The number of carbonyl (C=O) groups is 3. The van der Waals surface area contributed by atoms with E-state index in [2.05, 4.69) is 15.6 Å². The van der Waals surface area contributed by atoms with Gasteiger partial charge < -0.3 is 25.5 Å². The van der Waals surface area contributed by atoms with Crippen molar-refractivity contribution in [1.29, 1.82) is 5.41 Å². The summed E-state index contributed by atoms with van der Waals surface area (Å²) in [6.45, 7) is 2.01. The summed E-state index contributed by atoms with van der Waals surface area (Å²) in [5, 5.41) is 12.5. The van der Waals surface area contributed by atoms with Gasteiger partial charge in [0.25, 0.3) is 0 Å². The van der Waals surface area contributed by atoms with Gasteiger partial charge in [-0.25, -0.2) is 4.79 Å². The smallest absolute Gasteiger partial charge is 0.328 e. The van der Waals surface area contributed by atoms with Crippen molar-refractivity contribution in [2.24, 2.45) is 0 Å². The van der Waals surface area contributed by atoms with Gasteiger partial charge in [-0.3, -0.25) is 14.6 Å². The molecule has 1 rings (SSSR count). The van der Waals surface area contributed by atoms with Crippen LogP contribution in [0.5, 0.6) is 0 Å². The van der Waals surface area contributed by atoms with E-state index < -0.39 is 29.8 Å². The van der Waals surface area contributed by atoms with Gasteiger partial charge in [0.2, 0.25) is 5.91 Å². The predicted octanol–water partition coefficient (Wildman–Crippen LogP) is 0.555. The number of carbonyl (C=O) groups excluding carboxylic acids is 3. The Hall–Kier alpha value is -2.81. The first kappa shape index (κ1) is 21.2. The molecule has 26 heavy (non-hydrogen) atoms. The van der Waals surface area contributed by atoms with E-state index in [1.165, 1.54) is 7.11 Å². The summed E-state index contributed by atoms with van der Waals surface area (Å²) in [5.74, 6) is -1.56. The quantitative estimate of drug-likeness (QED) is 0.280. The third kappa shape index (κ3) is 7.84. The summed E-state index contributed by atoms with van der Waals surface area (Å²) in [7, 11) is 1.38. The number of methoxy groups -OCH3 is 1. The first-order valence-electron chi connectivity index (χ1n) is 8.15. The minimum atomic E-state index is -0.982. The predicted molar refractivity (Wildman–Crippen MR) is 95.1 cm³/mol. The van der Waals surface area contributed by atoms with E-state index in [0.29, 0.717) is 12.8 Å². The molecule has 1 aromatic rings. The van der Waals surface area contributed by atoms with Crippen molar-refractivity contribution in [3.8, 4) is 0 Å². The highest BCUT2D eigenvalue weighted by Crippen LogP contribution is 2.04. The van der Waals surface area contributed by atoms with Crippen LogP contribution in [0.15, 0.2) is 24.5 Å². The molecule has 142 valence electrons. The summed E-state index contributed by atoms with van der Waals surface area (Å²) in [5.41, 5.74) is 0.839. The van der Waals surface area contributed by atoms with Crippen molar-refractivity contribution in [2.75, 3.05) is 25.6 Å². The Morgan fingerprint density at radius 3 is 2.62 bits per heavy atom. The number of amides is 1. The molecule has 0 unspecified atom stereocenters. The Bertz CT molecular complexity index is 608. The van der Waals surface area contributed by atoms with Crippen LogP contribution >= 0.6 is 0 Å². The molecule has 0 spiro atoms. The van der Waals surface area contributed by atoms with Gasteiger partial charge in [0.05, 0.1) is 6.21 Å². The van der Waals surface area contributed by atoms with Crippen molar-refractivity contribution in [2.45, 2.75) is 31.9 Å². The molecule has 9 nitrogen and oxygen atoms in total. The number of rotatable bonds is 12. The number of esters is 1. The highest BCUT2D eigenvalue weighted by molar-refractivity contribution is 6.26. The number of ketones is 1. The lowest BCUT2D eigenvalue weighted by molar-refractivity contribution is -0.149. The molecule has 2 atom stereocenters. The summed E-state index contributed by atoms with van der Waals surface area (Å²) in [6, 6.07) is 2.57. The van der Waals surface area contributed by atoms with Crippen LogP contribution in [0.2, 0.25) is 0 Å². The molecule has 0 aliphatic rings. The van der Waals surface area contributed by atoms with Crippen molar-refractivity contribution in [3.05, 3.63) is 24.5 Å². The number of anilines is 1. The van der Waals surface area contributed by atoms with Crippen LogP contribution in [0.1, 0.15) is 19.8 Å². The molecule has 1 heterocycles. The van der Waals surface area contributed by atoms with Gasteiger partial charge in [-0.05, 0) is 25.5 Å². The number of hydrogen-bond acceptors (Lipinski definition) is 8. The van der Waals surface area contributed by atoms with Crippen molar-refractivity contribution in [3.63, 3.8) is 0 Å². The zero-order valence-electron chi connectivity index (χ0n) is 14.9. The molecule has 0 radical (unpaired) electrons. The van der Waals surface area contributed by atoms with Crippen molar-refractivity contribution in [1.82, 2.24) is 10.3 Å². The van der Waals surface area contributed by atoms with Crippen molar-refractivity contribution >= 4 is 29.6 Å². The monoisotopic (exact) mass is 364 g/mol. The largest absolute Gasteiger partial charge is 0.462 e. The summed E-state index contributed by atoms with van der Waals surface area (Å²) in [4.78, 5) is 39.3. The second-order valence-electron chi connectivity index (χ2n) is 5.42. The molecule has 1 amide bonds. The van der Waals surface area contributed by atoms with E-state index in [4.69, 9.17) is 14.9 Å². The SMILES string of the molecule is CO[C@@H](C)C(=O)N[C@@H](CCC(=O)C=N)C(=O)OCCNc1ccncc1. The van der Waals surface area contributed by atoms with E-state index in [1.54, 1.807) is 31.5 Å². The number of nitrogens with zero attached hydrogens (tertiary/aromatic N) is 1. The van der Waals surface area contributed by atoms with Crippen LogP contribution in [0.4, 0.5) is 5.69 Å². The second kappa shape index (κ2) is 11.7. The number of pyridine rings is 1. The zero-order valence-corrected chi connectivity index (χ0v) is 14.9. The van der Waals surface area contributed by atoms with Gasteiger partial charge >= 0.3 is 5.97 Å². The van der Waals surface area contributed by atoms with Crippen LogP contribution in [-0.2, 0) is 23.9 Å². The molecular formula is C17H24N4O5. The van der Waals surface area contributed by atoms with Crippen LogP contribution in [0.25, 0.3) is 0 Å². The minimum absolute atomic E-state index is 0.0415. The molecule has 0 fully saturated rings. The van der Waals surface area contributed by atoms with E-state index in [0.717, 1.165) is 5.69 Å². The van der Waals surface area contributed by atoms with Crippen LogP contribution < -0.4 is 10.6 Å². The normalized spacial score (nSPS) is 12.5. The van der Waals surface area contributed by atoms with Crippen molar-refractivity contribution < 1.29 is 23.9 Å². The first-order valence-corrected chi connectivity index (χ1v) is 8.15. The molecule has 0 aromatic carbocycles. The van der Waals surface area contributed by atoms with E-state index >= 15 is 0 Å². The number of hydrogen-bond donors (Lipinski definition) is 3. The van der Waals surface area contributed by atoms with Gasteiger partial charge in [0.15, 0.2) is 5.78 Å². The van der Waals surface area contributed by atoms with Gasteiger partial charge in [0, 0.05) is 38.2 Å². The number of nitrogens with one attached hydrogen (secondary N) is 3. The fourth-order valence-corrected chi connectivity index (χ4v) is 1.92. The Morgan fingerprint density at radius 1 is 1.31 bits per heavy atom. The molecule has 0 aliphatic carbocycles. The Labute approximate surface area is 152 Å². The third-order valence-corrected chi connectivity index (χ3v) is 3.52. The maximum absolute atomic E-state index is 12.2. The third-order valence-electron chi connectivity index (χ3n) is 3.52. The minimum Gasteiger partial charge on any atom is -0.462 e. The molecule has 0 bridgehead atoms. The number of Topliss-reactive ketones (excluding diaryl/α,β-unsaturated/α-hetero) is 1. The number of ether oxygens (including phenoxy) is 2. The van der Waals surface area contributed by atoms with Crippen LogP contribution in [0.3, 0.4) is 0 Å². The lowest BCUT2D eigenvalue weighted by atomic mass is 10.1. The Balaban J connectivity index is 2.51. The molecule has 1 aromatic heterocycles. The number of aromatic nitrogens is 1. The molecule has 9 heteroatoms. The molecule has 3 N–H and O–H groups in total. The lowest BCUT2D eigenvalue weighted by Gasteiger charge is -2.19.